The summed E-state index contributed by atoms with van der Waals surface area (Å²) in [4.78, 5) is 0. The second kappa shape index (κ2) is 2.27. The van der Waals surface area contributed by atoms with E-state index in [1.807, 2.05) is 0 Å². The van der Waals surface area contributed by atoms with Gasteiger partial charge in [0.1, 0.15) is 0 Å². The molecule has 9 heavy (non-hydrogen) atoms. The van der Waals surface area contributed by atoms with Gasteiger partial charge in [-0.3, -0.25) is 0 Å². The highest BCUT2D eigenvalue weighted by Crippen LogP contribution is 2.29. The van der Waals surface area contributed by atoms with Crippen molar-refractivity contribution in [1.29, 1.82) is 0 Å². The van der Waals surface area contributed by atoms with E-state index in [2.05, 4.69) is 5.32 Å². The normalized spacial score (nSPS) is 42.7. The van der Waals surface area contributed by atoms with Crippen LogP contribution in [-0.4, -0.2) is 25.8 Å². The fraction of sp³-hybridized carbons (Fsp3) is 1.00. The molecule has 3 rings (SSSR count). The molecule has 2 aliphatic heterocycles. The fourth-order valence-electron chi connectivity index (χ4n) is 1.58. The van der Waals surface area contributed by atoms with E-state index >= 15 is 0 Å². The summed E-state index contributed by atoms with van der Waals surface area (Å²) in [6.07, 6.45) is 3.22. The topological polar surface area (TPSA) is 21.3 Å². The number of nitrogens with one attached hydrogen (secondary N) is 1. The van der Waals surface area contributed by atoms with Gasteiger partial charge in [0.05, 0.1) is 12.7 Å². The SMILES string of the molecule is C1COC2CC(CN1)C2. The highest BCUT2D eigenvalue weighted by atomic mass is 16.5. The summed E-state index contributed by atoms with van der Waals surface area (Å²) in [5, 5.41) is 3.35. The van der Waals surface area contributed by atoms with Crippen LogP contribution >= 0.6 is 0 Å². The number of rotatable bonds is 0. The molecular formula is C7H13NO. The molecule has 2 bridgehead atoms. The minimum Gasteiger partial charge on any atom is -0.377 e. The van der Waals surface area contributed by atoms with Crippen molar-refractivity contribution in [2.75, 3.05) is 19.7 Å². The average molecular weight is 127 g/mol. The molecular weight excluding hydrogens is 114 g/mol. The van der Waals surface area contributed by atoms with Gasteiger partial charge < -0.3 is 10.1 Å². The molecule has 2 saturated heterocycles. The molecule has 2 heterocycles. The van der Waals surface area contributed by atoms with Gasteiger partial charge in [0, 0.05) is 6.54 Å². The summed E-state index contributed by atoms with van der Waals surface area (Å²) in [6, 6.07) is 0. The molecule has 2 heteroatoms. The van der Waals surface area contributed by atoms with Gasteiger partial charge in [-0.15, -0.1) is 0 Å². The Labute approximate surface area is 55.6 Å². The van der Waals surface area contributed by atoms with Crippen molar-refractivity contribution in [3.8, 4) is 0 Å². The van der Waals surface area contributed by atoms with E-state index in [4.69, 9.17) is 4.74 Å². The van der Waals surface area contributed by atoms with Crippen molar-refractivity contribution < 1.29 is 4.74 Å². The van der Waals surface area contributed by atoms with Crippen LogP contribution in [0, 0.1) is 5.92 Å². The predicted molar refractivity (Wildman–Crippen MR) is 35.3 cm³/mol. The van der Waals surface area contributed by atoms with E-state index in [9.17, 15) is 0 Å². The minimum absolute atomic E-state index is 0.622. The first-order valence-corrected chi connectivity index (χ1v) is 3.77. The Balaban J connectivity index is 1.85. The summed E-state index contributed by atoms with van der Waals surface area (Å²) >= 11 is 0. The lowest BCUT2D eigenvalue weighted by Crippen LogP contribution is -2.42. The van der Waals surface area contributed by atoms with Gasteiger partial charge in [-0.05, 0) is 25.3 Å². The van der Waals surface area contributed by atoms with Crippen molar-refractivity contribution in [2.24, 2.45) is 5.92 Å². The highest BCUT2D eigenvalue weighted by Gasteiger charge is 2.30. The smallest absolute Gasteiger partial charge is 0.0594 e. The Morgan fingerprint density at radius 1 is 1.33 bits per heavy atom. The van der Waals surface area contributed by atoms with Crippen LogP contribution < -0.4 is 5.32 Å². The summed E-state index contributed by atoms with van der Waals surface area (Å²) in [6.45, 7) is 3.18. The molecule has 0 unspecified atom stereocenters. The molecule has 1 saturated carbocycles. The summed E-state index contributed by atoms with van der Waals surface area (Å²) in [5.41, 5.74) is 0. The number of fused-ring (bicyclic) bond motifs is 4. The largest absolute Gasteiger partial charge is 0.377 e. The van der Waals surface area contributed by atoms with E-state index in [0.717, 1.165) is 19.1 Å². The van der Waals surface area contributed by atoms with Gasteiger partial charge in [-0.25, -0.2) is 0 Å². The summed E-state index contributed by atoms with van der Waals surface area (Å²) in [5.74, 6) is 0.926. The quantitative estimate of drug-likeness (QED) is 0.508. The van der Waals surface area contributed by atoms with Gasteiger partial charge in [-0.1, -0.05) is 0 Å². The Kier molecular flexibility index (Phi) is 1.44. The number of hydrogen-bond acceptors (Lipinski definition) is 2. The van der Waals surface area contributed by atoms with E-state index < -0.39 is 0 Å². The lowest BCUT2D eigenvalue weighted by atomic mass is 9.82. The Morgan fingerprint density at radius 3 is 3.11 bits per heavy atom. The Morgan fingerprint density at radius 2 is 2.22 bits per heavy atom. The van der Waals surface area contributed by atoms with Gasteiger partial charge in [0.15, 0.2) is 0 Å². The molecule has 52 valence electrons. The lowest BCUT2D eigenvalue weighted by molar-refractivity contribution is -0.0414. The molecule has 0 amide bonds. The highest BCUT2D eigenvalue weighted by molar-refractivity contribution is 4.83. The maximum absolute atomic E-state index is 5.49. The third-order valence-corrected chi connectivity index (χ3v) is 2.26. The third-order valence-electron chi connectivity index (χ3n) is 2.26. The zero-order valence-corrected chi connectivity index (χ0v) is 5.60. The van der Waals surface area contributed by atoms with Crippen LogP contribution in [0.15, 0.2) is 0 Å². The van der Waals surface area contributed by atoms with Gasteiger partial charge in [0.25, 0.3) is 0 Å². The molecule has 0 spiro atoms. The molecule has 1 aliphatic carbocycles. The van der Waals surface area contributed by atoms with Crippen LogP contribution in [0.4, 0.5) is 0 Å². The zero-order chi connectivity index (χ0) is 6.10. The Bertz CT molecular complexity index is 83.6. The maximum Gasteiger partial charge on any atom is 0.0594 e. The van der Waals surface area contributed by atoms with Crippen LogP contribution in [0.2, 0.25) is 0 Å². The van der Waals surface area contributed by atoms with E-state index in [0.29, 0.717) is 6.10 Å². The first kappa shape index (κ1) is 5.69. The van der Waals surface area contributed by atoms with Crippen LogP contribution in [0.5, 0.6) is 0 Å². The molecule has 0 aromatic carbocycles. The van der Waals surface area contributed by atoms with E-state index in [1.165, 1.54) is 19.4 Å². The van der Waals surface area contributed by atoms with Gasteiger partial charge in [-0.2, -0.15) is 0 Å². The first-order chi connectivity index (χ1) is 4.45. The van der Waals surface area contributed by atoms with Crippen molar-refractivity contribution in [2.45, 2.75) is 18.9 Å². The van der Waals surface area contributed by atoms with E-state index in [-0.39, 0.29) is 0 Å². The van der Waals surface area contributed by atoms with Crippen LogP contribution in [-0.2, 0) is 4.74 Å². The Hall–Kier alpha value is -0.0800. The lowest BCUT2D eigenvalue weighted by Gasteiger charge is -2.37. The van der Waals surface area contributed by atoms with E-state index in [1.54, 1.807) is 0 Å². The average Bonchev–Trinajstić information content (AvgIpc) is 1.54. The first-order valence-electron chi connectivity index (χ1n) is 3.77. The van der Waals surface area contributed by atoms with Crippen LogP contribution in [0.25, 0.3) is 0 Å². The second-order valence-corrected chi connectivity index (χ2v) is 3.03. The second-order valence-electron chi connectivity index (χ2n) is 3.03. The van der Waals surface area contributed by atoms with Gasteiger partial charge >= 0.3 is 0 Å². The van der Waals surface area contributed by atoms with Crippen molar-refractivity contribution in [3.63, 3.8) is 0 Å². The van der Waals surface area contributed by atoms with Crippen LogP contribution in [0.3, 0.4) is 0 Å². The van der Waals surface area contributed by atoms with Crippen LogP contribution in [0.1, 0.15) is 12.8 Å². The fourth-order valence-corrected chi connectivity index (χ4v) is 1.58. The molecule has 0 atom stereocenters. The van der Waals surface area contributed by atoms with Crippen molar-refractivity contribution >= 4 is 0 Å². The predicted octanol–water partition coefficient (Wildman–Crippen LogP) is 0.385. The molecule has 3 aliphatic rings. The summed E-state index contributed by atoms with van der Waals surface area (Å²) < 4.78 is 5.49. The minimum atomic E-state index is 0.622. The molecule has 0 radical (unpaired) electrons. The monoisotopic (exact) mass is 127 g/mol. The van der Waals surface area contributed by atoms with Crippen molar-refractivity contribution in [3.05, 3.63) is 0 Å². The molecule has 2 nitrogen and oxygen atoms in total. The molecule has 1 N–H and O–H groups in total. The maximum atomic E-state index is 5.49. The summed E-state index contributed by atoms with van der Waals surface area (Å²) in [7, 11) is 0. The standard InChI is InChI=1S/C7H13NO/c1-2-9-7-3-6(4-7)5-8-1/h6-8H,1-5H2. The van der Waals surface area contributed by atoms with Gasteiger partial charge in [0.2, 0.25) is 0 Å². The number of hydrogen-bond donors (Lipinski definition) is 1. The third kappa shape index (κ3) is 1.10. The van der Waals surface area contributed by atoms with Crippen molar-refractivity contribution in [1.82, 2.24) is 5.32 Å². The zero-order valence-electron chi connectivity index (χ0n) is 5.60. The molecule has 0 aromatic heterocycles. The molecule has 0 aromatic rings. The number of ether oxygens (including phenoxy) is 1. The molecule has 3 fully saturated rings.